The molecule has 1 N–H and O–H groups in total. The minimum absolute atomic E-state index is 0.159. The van der Waals surface area contributed by atoms with Crippen LogP contribution in [-0.2, 0) is 4.79 Å². The Morgan fingerprint density at radius 2 is 2.00 bits per heavy atom. The summed E-state index contributed by atoms with van der Waals surface area (Å²) in [6, 6.07) is 0. The Balaban J connectivity index is 5.00. The van der Waals surface area contributed by atoms with Crippen LogP contribution in [0.2, 0.25) is 0 Å². The predicted molar refractivity (Wildman–Crippen MR) is 79.6 cm³/mol. The molecule has 0 saturated heterocycles. The first-order valence-electron chi connectivity index (χ1n) is 5.42. The number of carbonyl (C=O) groups excluding carboxylic acids is 1. The largest absolute Gasteiger partial charge is 0.394 e. The summed E-state index contributed by atoms with van der Waals surface area (Å²) in [5.41, 5.74) is 2.16. The summed E-state index contributed by atoms with van der Waals surface area (Å²) in [6.45, 7) is 3.57. The van der Waals surface area contributed by atoms with Gasteiger partial charge in [0.15, 0.2) is 5.78 Å². The van der Waals surface area contributed by atoms with E-state index in [2.05, 4.69) is 5.32 Å². The standard InChI is InChI=1S/C14H17Cl2NO/c1-4-6-13(16)9-12(10-15)14(18)11(2)7-5-8-17-3/h4-10,17H,1-3H3/b6-4-,8-5-,11-7+,12-10-,13-9+. The number of Topliss-reactive ketones (excluding diaryl/α,β-unsaturated/α-hetero) is 1. The van der Waals surface area contributed by atoms with E-state index in [1.807, 2.05) is 6.92 Å². The molecule has 0 aliphatic carbocycles. The zero-order chi connectivity index (χ0) is 14.0. The van der Waals surface area contributed by atoms with Gasteiger partial charge in [0, 0.05) is 23.2 Å². The molecule has 4 heteroatoms. The summed E-state index contributed by atoms with van der Waals surface area (Å²) in [6.07, 6.45) is 10.2. The molecule has 0 radical (unpaired) electrons. The number of ketones is 1. The fourth-order valence-corrected chi connectivity index (χ4v) is 1.50. The van der Waals surface area contributed by atoms with E-state index in [9.17, 15) is 4.79 Å². The normalized spacial score (nSPS) is 14.6. The number of carbonyl (C=O) groups is 1. The van der Waals surface area contributed by atoms with Crippen molar-refractivity contribution in [2.24, 2.45) is 0 Å². The van der Waals surface area contributed by atoms with Crippen LogP contribution in [0.5, 0.6) is 0 Å². The van der Waals surface area contributed by atoms with Crippen LogP contribution in [0.25, 0.3) is 0 Å². The molecular weight excluding hydrogens is 269 g/mol. The van der Waals surface area contributed by atoms with Crippen LogP contribution in [0.15, 0.2) is 58.3 Å². The molecule has 0 bridgehead atoms. The van der Waals surface area contributed by atoms with Crippen molar-refractivity contribution < 1.29 is 4.79 Å². The van der Waals surface area contributed by atoms with Crippen LogP contribution in [0.4, 0.5) is 0 Å². The number of hydrogen-bond donors (Lipinski definition) is 1. The topological polar surface area (TPSA) is 29.1 Å². The molecule has 0 amide bonds. The summed E-state index contributed by atoms with van der Waals surface area (Å²) in [5.74, 6) is -0.159. The second-order valence-electron chi connectivity index (χ2n) is 3.42. The van der Waals surface area contributed by atoms with E-state index in [1.165, 1.54) is 11.6 Å². The van der Waals surface area contributed by atoms with E-state index in [1.54, 1.807) is 44.5 Å². The van der Waals surface area contributed by atoms with Gasteiger partial charge in [0.05, 0.1) is 0 Å². The number of allylic oxidation sites excluding steroid dienone is 8. The average Bonchev–Trinajstić information content (AvgIpc) is 2.35. The fourth-order valence-electron chi connectivity index (χ4n) is 1.09. The Hall–Kier alpha value is -1.25. The molecule has 0 heterocycles. The lowest BCUT2D eigenvalue weighted by Crippen LogP contribution is -2.02. The molecule has 0 spiro atoms. The van der Waals surface area contributed by atoms with Crippen molar-refractivity contribution in [3.63, 3.8) is 0 Å². The predicted octanol–water partition coefficient (Wildman–Crippen LogP) is 4.06. The van der Waals surface area contributed by atoms with Gasteiger partial charge in [-0.1, -0.05) is 35.4 Å². The van der Waals surface area contributed by atoms with Crippen molar-refractivity contribution in [3.8, 4) is 0 Å². The van der Waals surface area contributed by atoms with Crippen LogP contribution < -0.4 is 5.32 Å². The minimum Gasteiger partial charge on any atom is -0.394 e. The zero-order valence-corrected chi connectivity index (χ0v) is 12.2. The molecular formula is C14H17Cl2NO. The number of hydrogen-bond acceptors (Lipinski definition) is 2. The third-order valence-corrected chi connectivity index (χ3v) is 2.44. The van der Waals surface area contributed by atoms with Crippen LogP contribution in [0, 0.1) is 0 Å². The maximum atomic E-state index is 12.0. The summed E-state index contributed by atoms with van der Waals surface area (Å²) in [4.78, 5) is 12.0. The van der Waals surface area contributed by atoms with Crippen molar-refractivity contribution in [1.29, 1.82) is 0 Å². The maximum Gasteiger partial charge on any atom is 0.189 e. The number of halogens is 2. The average molecular weight is 286 g/mol. The molecule has 0 saturated carbocycles. The molecule has 0 fully saturated rings. The van der Waals surface area contributed by atoms with Crippen LogP contribution in [0.1, 0.15) is 13.8 Å². The smallest absolute Gasteiger partial charge is 0.189 e. The van der Waals surface area contributed by atoms with Gasteiger partial charge in [-0.15, -0.1) is 0 Å². The minimum atomic E-state index is -0.159. The molecule has 0 aromatic carbocycles. The number of nitrogens with one attached hydrogen (secondary N) is 1. The Morgan fingerprint density at radius 3 is 2.50 bits per heavy atom. The molecule has 18 heavy (non-hydrogen) atoms. The third-order valence-electron chi connectivity index (χ3n) is 1.97. The lowest BCUT2D eigenvalue weighted by molar-refractivity contribution is -0.111. The van der Waals surface area contributed by atoms with E-state index in [0.717, 1.165) is 0 Å². The van der Waals surface area contributed by atoms with Gasteiger partial charge in [-0.05, 0) is 43.8 Å². The van der Waals surface area contributed by atoms with Crippen molar-refractivity contribution in [2.75, 3.05) is 7.05 Å². The molecule has 0 atom stereocenters. The van der Waals surface area contributed by atoms with Gasteiger partial charge in [-0.2, -0.15) is 0 Å². The monoisotopic (exact) mass is 285 g/mol. The van der Waals surface area contributed by atoms with Gasteiger partial charge < -0.3 is 5.32 Å². The summed E-state index contributed by atoms with van der Waals surface area (Å²) in [5, 5.41) is 3.29. The summed E-state index contributed by atoms with van der Waals surface area (Å²) >= 11 is 11.6. The van der Waals surface area contributed by atoms with E-state index < -0.39 is 0 Å². The van der Waals surface area contributed by atoms with Gasteiger partial charge >= 0.3 is 0 Å². The zero-order valence-electron chi connectivity index (χ0n) is 10.7. The van der Waals surface area contributed by atoms with Crippen molar-refractivity contribution in [1.82, 2.24) is 5.32 Å². The Kier molecular flexibility index (Phi) is 9.07. The van der Waals surface area contributed by atoms with E-state index >= 15 is 0 Å². The summed E-state index contributed by atoms with van der Waals surface area (Å²) < 4.78 is 0. The van der Waals surface area contributed by atoms with Crippen molar-refractivity contribution in [2.45, 2.75) is 13.8 Å². The molecule has 0 aliphatic heterocycles. The lowest BCUT2D eigenvalue weighted by atomic mass is 10.1. The van der Waals surface area contributed by atoms with Gasteiger partial charge in [0.25, 0.3) is 0 Å². The van der Waals surface area contributed by atoms with Crippen molar-refractivity contribution >= 4 is 29.0 Å². The third kappa shape index (κ3) is 6.48. The Morgan fingerprint density at radius 1 is 1.33 bits per heavy atom. The van der Waals surface area contributed by atoms with Crippen LogP contribution in [-0.4, -0.2) is 12.8 Å². The lowest BCUT2D eigenvalue weighted by Gasteiger charge is -2.00. The SMILES string of the molecule is C\C=C/C(Cl)=C\C(=C\Cl)C(=O)/C(C)=C/C=C\NC. The quantitative estimate of drug-likeness (QED) is 0.589. The van der Waals surface area contributed by atoms with Gasteiger partial charge in [0.2, 0.25) is 0 Å². The van der Waals surface area contributed by atoms with Crippen LogP contribution >= 0.6 is 23.2 Å². The molecule has 2 nitrogen and oxygen atoms in total. The highest BCUT2D eigenvalue weighted by Gasteiger charge is 2.08. The van der Waals surface area contributed by atoms with Gasteiger partial charge in [0.1, 0.15) is 0 Å². The first kappa shape index (κ1) is 16.8. The van der Waals surface area contributed by atoms with E-state index in [4.69, 9.17) is 23.2 Å². The van der Waals surface area contributed by atoms with E-state index in [-0.39, 0.29) is 5.78 Å². The fraction of sp³-hybridized carbons (Fsp3) is 0.214. The Bertz CT molecular complexity index is 429. The molecule has 98 valence electrons. The second-order valence-corrected chi connectivity index (χ2v) is 4.07. The Labute approximate surface area is 118 Å². The van der Waals surface area contributed by atoms with Crippen molar-refractivity contribution in [3.05, 3.63) is 58.3 Å². The first-order valence-corrected chi connectivity index (χ1v) is 6.24. The van der Waals surface area contributed by atoms with Crippen LogP contribution in [0.3, 0.4) is 0 Å². The van der Waals surface area contributed by atoms with Gasteiger partial charge in [-0.3, -0.25) is 4.79 Å². The van der Waals surface area contributed by atoms with E-state index in [0.29, 0.717) is 16.2 Å². The second kappa shape index (κ2) is 9.75. The van der Waals surface area contributed by atoms with Gasteiger partial charge in [-0.25, -0.2) is 0 Å². The molecule has 0 aliphatic rings. The molecule has 0 rings (SSSR count). The highest BCUT2D eigenvalue weighted by Crippen LogP contribution is 2.14. The highest BCUT2D eigenvalue weighted by molar-refractivity contribution is 6.33. The number of rotatable bonds is 6. The highest BCUT2D eigenvalue weighted by atomic mass is 35.5. The maximum absolute atomic E-state index is 12.0. The molecule has 0 aromatic rings. The molecule has 0 unspecified atom stereocenters. The first-order chi connectivity index (χ1) is 8.56. The summed E-state index contributed by atoms with van der Waals surface area (Å²) in [7, 11) is 1.78. The molecule has 0 aromatic heterocycles.